The molecule has 2 rings (SSSR count). The van der Waals surface area contributed by atoms with Gasteiger partial charge in [-0.25, -0.2) is 0 Å². The Kier molecular flexibility index (Phi) is 7.62. The predicted molar refractivity (Wildman–Crippen MR) is 99.4 cm³/mol. The van der Waals surface area contributed by atoms with E-state index in [1.165, 1.54) is 6.08 Å². The molecule has 31 heavy (non-hydrogen) atoms. The van der Waals surface area contributed by atoms with Crippen molar-refractivity contribution in [3.8, 4) is 17.2 Å². The van der Waals surface area contributed by atoms with Crippen LogP contribution in [0.15, 0.2) is 45.9 Å². The van der Waals surface area contributed by atoms with Crippen LogP contribution in [0.25, 0.3) is 0 Å². The Morgan fingerprint density at radius 3 is 1.74 bits per heavy atom. The second kappa shape index (κ2) is 9.31. The summed E-state index contributed by atoms with van der Waals surface area (Å²) in [5.74, 6) is -2.18. The first-order chi connectivity index (χ1) is 14.1. The first-order valence-electron chi connectivity index (χ1n) is 7.90. The molecular weight excluding hydrogens is 579 g/mol. The number of alkyl halides is 9. The topological polar surface area (TPSA) is 18.5 Å². The van der Waals surface area contributed by atoms with Gasteiger partial charge in [0.1, 0.15) is 29.4 Å². The second-order valence-electron chi connectivity index (χ2n) is 5.80. The Morgan fingerprint density at radius 1 is 0.742 bits per heavy atom. The number of rotatable bonds is 5. The summed E-state index contributed by atoms with van der Waals surface area (Å²) in [6.45, 7) is -0.266. The monoisotopic (exact) mass is 586 g/mol. The van der Waals surface area contributed by atoms with E-state index >= 15 is 0 Å². The van der Waals surface area contributed by atoms with Crippen molar-refractivity contribution >= 4 is 31.9 Å². The summed E-state index contributed by atoms with van der Waals surface area (Å²) in [5, 5.41) is 0. The van der Waals surface area contributed by atoms with Gasteiger partial charge in [-0.2, -0.15) is 39.5 Å². The first kappa shape index (κ1) is 25.4. The average molecular weight is 588 g/mol. The number of halogens is 11. The van der Waals surface area contributed by atoms with Crippen LogP contribution in [-0.4, -0.2) is 6.61 Å². The molecule has 0 amide bonds. The van der Waals surface area contributed by atoms with Gasteiger partial charge in [0.15, 0.2) is 0 Å². The highest BCUT2D eigenvalue weighted by molar-refractivity contribution is 9.28. The molecule has 0 aliphatic heterocycles. The second-order valence-corrected chi connectivity index (χ2v) is 8.58. The van der Waals surface area contributed by atoms with Crippen LogP contribution in [0, 0.1) is 0 Å². The fourth-order valence-electron chi connectivity index (χ4n) is 2.24. The summed E-state index contributed by atoms with van der Waals surface area (Å²) in [6, 6.07) is 2.56. The van der Waals surface area contributed by atoms with Crippen LogP contribution in [0.3, 0.4) is 0 Å². The molecule has 0 saturated carbocycles. The summed E-state index contributed by atoms with van der Waals surface area (Å²) in [5.41, 5.74) is -4.66. The highest BCUT2D eigenvalue weighted by atomic mass is 79.9. The van der Waals surface area contributed by atoms with E-state index in [0.29, 0.717) is 9.46 Å². The smallest absolute Gasteiger partial charge is 0.420 e. The van der Waals surface area contributed by atoms with Crippen LogP contribution in [-0.2, 0) is 18.5 Å². The average Bonchev–Trinajstić information content (AvgIpc) is 2.60. The predicted octanol–water partition coefficient (Wildman–Crippen LogP) is 8.55. The van der Waals surface area contributed by atoms with E-state index in [9.17, 15) is 39.5 Å². The minimum atomic E-state index is -5.13. The van der Waals surface area contributed by atoms with Crippen molar-refractivity contribution in [1.82, 2.24) is 0 Å². The standard InChI is InChI=1S/C18H9Br2F9O2/c19-15(20)3-4-30-14-2-1-11(8-13(14)18(27,28)29)31-12-6-9(16(21,22)23)5-10(7-12)17(24,25)26/h1-3,5-8H,4H2. The van der Waals surface area contributed by atoms with Crippen LogP contribution in [0.4, 0.5) is 39.5 Å². The molecule has 13 heteroatoms. The van der Waals surface area contributed by atoms with Crippen molar-refractivity contribution in [3.63, 3.8) is 0 Å². The lowest BCUT2D eigenvalue weighted by Gasteiger charge is -2.17. The fraction of sp³-hybridized carbons (Fsp3) is 0.222. The molecule has 0 fully saturated rings. The molecule has 0 bridgehead atoms. The van der Waals surface area contributed by atoms with Crippen LogP contribution < -0.4 is 9.47 Å². The molecule has 0 heterocycles. The van der Waals surface area contributed by atoms with E-state index in [4.69, 9.17) is 9.47 Å². The number of ether oxygens (including phenoxy) is 2. The summed E-state index contributed by atoms with van der Waals surface area (Å²) in [7, 11) is 0. The van der Waals surface area contributed by atoms with Gasteiger partial charge >= 0.3 is 18.5 Å². The molecule has 0 saturated heterocycles. The Bertz CT molecular complexity index is 928. The molecule has 0 aliphatic rings. The number of hydrogen-bond acceptors (Lipinski definition) is 2. The molecule has 0 unspecified atom stereocenters. The molecule has 0 N–H and O–H groups in total. The van der Waals surface area contributed by atoms with Crippen LogP contribution in [0.1, 0.15) is 16.7 Å². The lowest BCUT2D eigenvalue weighted by atomic mass is 10.1. The summed E-state index contributed by atoms with van der Waals surface area (Å²) >= 11 is 5.98. The molecule has 0 aromatic heterocycles. The van der Waals surface area contributed by atoms with Gasteiger partial charge in [-0.3, -0.25) is 0 Å². The van der Waals surface area contributed by atoms with Crippen molar-refractivity contribution in [3.05, 3.63) is 62.6 Å². The van der Waals surface area contributed by atoms with Crippen molar-refractivity contribution in [2.45, 2.75) is 18.5 Å². The molecule has 0 spiro atoms. The first-order valence-corrected chi connectivity index (χ1v) is 9.48. The lowest BCUT2D eigenvalue weighted by molar-refractivity contribution is -0.143. The van der Waals surface area contributed by atoms with E-state index in [0.717, 1.165) is 12.1 Å². The Labute approximate surface area is 185 Å². The third-order valence-electron chi connectivity index (χ3n) is 3.53. The SMILES string of the molecule is FC(F)(F)c1cc(Oc2ccc(OCC=C(Br)Br)c(C(F)(F)F)c2)cc(C(F)(F)F)c1. The van der Waals surface area contributed by atoms with Crippen molar-refractivity contribution < 1.29 is 49.0 Å². The largest absolute Gasteiger partial charge is 0.489 e. The minimum Gasteiger partial charge on any atom is -0.489 e. The Balaban J connectivity index is 2.45. The third kappa shape index (κ3) is 7.34. The fourth-order valence-corrected chi connectivity index (χ4v) is 2.50. The molecule has 2 aromatic carbocycles. The highest BCUT2D eigenvalue weighted by Gasteiger charge is 2.38. The lowest BCUT2D eigenvalue weighted by Crippen LogP contribution is -2.11. The quantitative estimate of drug-likeness (QED) is 0.326. The van der Waals surface area contributed by atoms with Gasteiger partial charge in [0.25, 0.3) is 0 Å². The Morgan fingerprint density at radius 2 is 1.29 bits per heavy atom. The van der Waals surface area contributed by atoms with Gasteiger partial charge in [-0.1, -0.05) is 0 Å². The molecule has 170 valence electrons. The molecule has 2 aromatic rings. The molecule has 0 atom stereocenters. The molecular formula is C18H9Br2F9O2. The van der Waals surface area contributed by atoms with Crippen molar-refractivity contribution in [1.29, 1.82) is 0 Å². The summed E-state index contributed by atoms with van der Waals surface area (Å²) in [4.78, 5) is 0. The van der Waals surface area contributed by atoms with Gasteiger partial charge in [0, 0.05) is 0 Å². The zero-order valence-electron chi connectivity index (χ0n) is 14.7. The maximum Gasteiger partial charge on any atom is 0.420 e. The van der Waals surface area contributed by atoms with E-state index in [1.54, 1.807) is 0 Å². The maximum absolute atomic E-state index is 13.3. The van der Waals surface area contributed by atoms with E-state index in [2.05, 4.69) is 31.9 Å². The van der Waals surface area contributed by atoms with Crippen molar-refractivity contribution in [2.24, 2.45) is 0 Å². The normalized spacial score (nSPS) is 12.5. The zero-order valence-corrected chi connectivity index (χ0v) is 17.9. The highest BCUT2D eigenvalue weighted by Crippen LogP contribution is 2.42. The maximum atomic E-state index is 13.3. The van der Waals surface area contributed by atoms with E-state index in [-0.39, 0.29) is 24.8 Å². The summed E-state index contributed by atoms with van der Waals surface area (Å²) in [6.07, 6.45) is -13.8. The van der Waals surface area contributed by atoms with Crippen molar-refractivity contribution in [2.75, 3.05) is 6.61 Å². The third-order valence-corrected chi connectivity index (χ3v) is 4.18. The van der Waals surface area contributed by atoms with Gasteiger partial charge in [-0.05, 0) is 74.3 Å². The number of hydrogen-bond donors (Lipinski definition) is 0. The minimum absolute atomic E-state index is 0.125. The van der Waals surface area contributed by atoms with Gasteiger partial charge in [0.05, 0.1) is 14.5 Å². The molecule has 2 nitrogen and oxygen atoms in total. The zero-order chi connectivity index (χ0) is 23.6. The van der Waals surface area contributed by atoms with E-state index in [1.807, 2.05) is 0 Å². The van der Waals surface area contributed by atoms with Crippen LogP contribution in [0.2, 0.25) is 0 Å². The molecule has 0 radical (unpaired) electrons. The van der Waals surface area contributed by atoms with Crippen LogP contribution >= 0.6 is 31.9 Å². The van der Waals surface area contributed by atoms with Gasteiger partial charge in [0.2, 0.25) is 0 Å². The van der Waals surface area contributed by atoms with Gasteiger partial charge < -0.3 is 9.47 Å². The Hall–Kier alpha value is -1.89. The molecule has 0 aliphatic carbocycles. The summed E-state index contributed by atoms with van der Waals surface area (Å²) < 4.78 is 128. The number of benzene rings is 2. The van der Waals surface area contributed by atoms with Gasteiger partial charge in [-0.15, -0.1) is 0 Å². The van der Waals surface area contributed by atoms with E-state index < -0.39 is 52.5 Å². The van der Waals surface area contributed by atoms with Crippen LogP contribution in [0.5, 0.6) is 17.2 Å².